The van der Waals surface area contributed by atoms with Gasteiger partial charge in [0.1, 0.15) is 5.82 Å². The van der Waals surface area contributed by atoms with E-state index in [0.29, 0.717) is 11.3 Å². The van der Waals surface area contributed by atoms with Gasteiger partial charge in [-0.3, -0.25) is 0 Å². The molecule has 0 aliphatic heterocycles. The number of nitrogens with zero attached hydrogens (tertiary/aromatic N) is 2. The summed E-state index contributed by atoms with van der Waals surface area (Å²) in [5.41, 5.74) is 0. The Balaban J connectivity index is 2.01. The number of aromatic nitrogens is 2. The molecule has 0 amide bonds. The first kappa shape index (κ1) is 12.0. The SMILES string of the molecule is CCn1ccnc1CC1CCCCCC1Cl. The lowest BCUT2D eigenvalue weighted by Gasteiger charge is -2.19. The van der Waals surface area contributed by atoms with Crippen molar-refractivity contribution in [2.45, 2.75) is 57.4 Å². The third-order valence-corrected chi connectivity index (χ3v) is 4.23. The van der Waals surface area contributed by atoms with Crippen molar-refractivity contribution in [1.82, 2.24) is 9.55 Å². The maximum atomic E-state index is 6.46. The number of imidazole rings is 1. The maximum absolute atomic E-state index is 6.46. The molecule has 1 fully saturated rings. The first-order valence-electron chi connectivity index (χ1n) is 6.45. The summed E-state index contributed by atoms with van der Waals surface area (Å²) >= 11 is 6.46. The molecule has 0 N–H and O–H groups in total. The predicted octanol–water partition coefficient (Wildman–Crippen LogP) is 3.63. The highest BCUT2D eigenvalue weighted by atomic mass is 35.5. The molecule has 1 aliphatic carbocycles. The van der Waals surface area contributed by atoms with Gasteiger partial charge in [-0.1, -0.05) is 19.3 Å². The van der Waals surface area contributed by atoms with Crippen LogP contribution in [-0.2, 0) is 13.0 Å². The van der Waals surface area contributed by atoms with Crippen LogP contribution in [0.3, 0.4) is 0 Å². The summed E-state index contributed by atoms with van der Waals surface area (Å²) in [6.07, 6.45) is 11.4. The minimum atomic E-state index is 0.351. The standard InChI is InChI=1S/C13H21ClN2/c1-2-16-9-8-15-13(16)10-11-6-4-3-5-7-12(11)14/h8-9,11-12H,2-7,10H2,1H3. The Labute approximate surface area is 103 Å². The van der Waals surface area contributed by atoms with Gasteiger partial charge in [0, 0.05) is 30.7 Å². The summed E-state index contributed by atoms with van der Waals surface area (Å²) in [4.78, 5) is 4.45. The number of hydrogen-bond acceptors (Lipinski definition) is 1. The van der Waals surface area contributed by atoms with Crippen molar-refractivity contribution >= 4 is 11.6 Å². The van der Waals surface area contributed by atoms with Crippen LogP contribution in [0.15, 0.2) is 12.4 Å². The highest BCUT2D eigenvalue weighted by Crippen LogP contribution is 2.29. The molecule has 0 aromatic carbocycles. The number of rotatable bonds is 3. The number of halogens is 1. The Morgan fingerprint density at radius 2 is 2.19 bits per heavy atom. The third kappa shape index (κ3) is 2.79. The predicted molar refractivity (Wildman–Crippen MR) is 67.8 cm³/mol. The molecule has 16 heavy (non-hydrogen) atoms. The average molecular weight is 241 g/mol. The van der Waals surface area contributed by atoms with Gasteiger partial charge < -0.3 is 4.57 Å². The van der Waals surface area contributed by atoms with Gasteiger partial charge in [0.05, 0.1) is 0 Å². The van der Waals surface area contributed by atoms with Crippen molar-refractivity contribution in [2.24, 2.45) is 5.92 Å². The van der Waals surface area contributed by atoms with Crippen molar-refractivity contribution in [3.05, 3.63) is 18.2 Å². The zero-order valence-corrected chi connectivity index (χ0v) is 10.8. The Morgan fingerprint density at radius 3 is 3.00 bits per heavy atom. The fourth-order valence-electron chi connectivity index (χ4n) is 2.62. The second-order valence-corrected chi connectivity index (χ2v) is 5.31. The van der Waals surface area contributed by atoms with E-state index < -0.39 is 0 Å². The number of hydrogen-bond donors (Lipinski definition) is 0. The zero-order valence-electron chi connectivity index (χ0n) is 10.0. The average Bonchev–Trinajstić information content (AvgIpc) is 2.64. The lowest BCUT2D eigenvalue weighted by molar-refractivity contribution is 0.446. The molecule has 0 spiro atoms. The third-order valence-electron chi connectivity index (χ3n) is 3.65. The van der Waals surface area contributed by atoms with Gasteiger partial charge in [-0.2, -0.15) is 0 Å². The van der Waals surface area contributed by atoms with Crippen molar-refractivity contribution < 1.29 is 0 Å². The van der Waals surface area contributed by atoms with Crippen molar-refractivity contribution in [2.75, 3.05) is 0 Å². The van der Waals surface area contributed by atoms with Crippen LogP contribution in [0.5, 0.6) is 0 Å². The van der Waals surface area contributed by atoms with Gasteiger partial charge in [0.2, 0.25) is 0 Å². The van der Waals surface area contributed by atoms with Crippen LogP contribution >= 0.6 is 11.6 Å². The first-order chi connectivity index (χ1) is 7.81. The maximum Gasteiger partial charge on any atom is 0.108 e. The number of alkyl halides is 1. The number of aryl methyl sites for hydroxylation is 1. The van der Waals surface area contributed by atoms with Crippen LogP contribution in [0.4, 0.5) is 0 Å². The summed E-state index contributed by atoms with van der Waals surface area (Å²) in [7, 11) is 0. The summed E-state index contributed by atoms with van der Waals surface area (Å²) in [6.45, 7) is 3.17. The second-order valence-electron chi connectivity index (χ2n) is 4.75. The van der Waals surface area contributed by atoms with Crippen molar-refractivity contribution in [3.63, 3.8) is 0 Å². The van der Waals surface area contributed by atoms with Crippen molar-refractivity contribution in [1.29, 1.82) is 0 Å². The summed E-state index contributed by atoms with van der Waals surface area (Å²) in [5.74, 6) is 1.83. The van der Waals surface area contributed by atoms with Gasteiger partial charge >= 0.3 is 0 Å². The highest BCUT2D eigenvalue weighted by molar-refractivity contribution is 6.20. The fourth-order valence-corrected chi connectivity index (χ4v) is 2.99. The van der Waals surface area contributed by atoms with Gasteiger partial charge in [-0.25, -0.2) is 4.98 Å². The molecule has 0 radical (unpaired) electrons. The molecule has 0 saturated heterocycles. The molecule has 1 heterocycles. The minimum absolute atomic E-state index is 0.351. The molecular formula is C13H21ClN2. The lowest BCUT2D eigenvalue weighted by Crippen LogP contribution is -2.18. The van der Waals surface area contributed by atoms with E-state index in [0.717, 1.165) is 13.0 Å². The molecule has 1 aromatic rings. The normalized spacial score (nSPS) is 26.6. The molecule has 2 rings (SSSR count). The summed E-state index contributed by atoms with van der Waals surface area (Å²) in [6, 6.07) is 0. The van der Waals surface area contributed by atoms with E-state index in [-0.39, 0.29) is 0 Å². The van der Waals surface area contributed by atoms with E-state index >= 15 is 0 Å². The van der Waals surface area contributed by atoms with Gasteiger partial charge in [0.25, 0.3) is 0 Å². The monoisotopic (exact) mass is 240 g/mol. The smallest absolute Gasteiger partial charge is 0.108 e. The largest absolute Gasteiger partial charge is 0.335 e. The molecule has 2 atom stereocenters. The second kappa shape index (κ2) is 5.72. The molecular weight excluding hydrogens is 220 g/mol. The highest BCUT2D eigenvalue weighted by Gasteiger charge is 2.23. The minimum Gasteiger partial charge on any atom is -0.335 e. The van der Waals surface area contributed by atoms with Crippen molar-refractivity contribution in [3.8, 4) is 0 Å². The quantitative estimate of drug-likeness (QED) is 0.583. The Morgan fingerprint density at radius 1 is 1.38 bits per heavy atom. The summed E-state index contributed by atoms with van der Waals surface area (Å²) in [5, 5.41) is 0.351. The Kier molecular flexibility index (Phi) is 4.28. The first-order valence-corrected chi connectivity index (χ1v) is 6.89. The van der Waals surface area contributed by atoms with Crippen LogP contribution in [0.2, 0.25) is 0 Å². The molecule has 2 nitrogen and oxygen atoms in total. The topological polar surface area (TPSA) is 17.8 Å². The molecule has 2 unspecified atom stereocenters. The van der Waals surface area contributed by atoms with Crippen LogP contribution in [0, 0.1) is 5.92 Å². The molecule has 3 heteroatoms. The van der Waals surface area contributed by atoms with E-state index in [1.165, 1.54) is 37.9 Å². The summed E-state index contributed by atoms with van der Waals surface area (Å²) < 4.78 is 2.23. The van der Waals surface area contributed by atoms with E-state index in [1.54, 1.807) is 0 Å². The zero-order chi connectivity index (χ0) is 11.4. The van der Waals surface area contributed by atoms with E-state index in [9.17, 15) is 0 Å². The van der Waals surface area contributed by atoms with Gasteiger partial charge in [0.15, 0.2) is 0 Å². The molecule has 1 aromatic heterocycles. The lowest BCUT2D eigenvalue weighted by atomic mass is 9.96. The van der Waals surface area contributed by atoms with Crippen LogP contribution in [0.25, 0.3) is 0 Å². The molecule has 0 bridgehead atoms. The van der Waals surface area contributed by atoms with E-state index in [4.69, 9.17) is 11.6 Å². The molecule has 1 saturated carbocycles. The van der Waals surface area contributed by atoms with Gasteiger partial charge in [-0.15, -0.1) is 11.6 Å². The fraction of sp³-hybridized carbons (Fsp3) is 0.769. The molecule has 90 valence electrons. The van der Waals surface area contributed by atoms with Crippen LogP contribution in [-0.4, -0.2) is 14.9 Å². The van der Waals surface area contributed by atoms with Crippen LogP contribution in [0.1, 0.15) is 44.9 Å². The van der Waals surface area contributed by atoms with Gasteiger partial charge in [-0.05, 0) is 25.7 Å². The Hall–Kier alpha value is -0.500. The van der Waals surface area contributed by atoms with Crippen LogP contribution < -0.4 is 0 Å². The Bertz CT molecular complexity index is 321. The van der Waals surface area contributed by atoms with E-state index in [2.05, 4.69) is 22.7 Å². The molecule has 1 aliphatic rings. The van der Waals surface area contributed by atoms with E-state index in [1.807, 2.05) is 6.20 Å².